The number of hydrogen-bond donors (Lipinski definition) is 2. The van der Waals surface area contributed by atoms with E-state index in [9.17, 15) is 32.7 Å². The van der Waals surface area contributed by atoms with E-state index in [-0.39, 0.29) is 53.4 Å². The fourth-order valence-corrected chi connectivity index (χ4v) is 4.48. The first-order valence-electron chi connectivity index (χ1n) is 10.7. The normalized spacial score (nSPS) is 19.9. The van der Waals surface area contributed by atoms with Crippen molar-refractivity contribution in [2.24, 2.45) is 0 Å². The number of carbonyl (C=O) groups excluding carboxylic acids is 1. The molecule has 0 spiro atoms. The maximum absolute atomic E-state index is 14.7. The fourth-order valence-electron chi connectivity index (χ4n) is 4.48. The minimum atomic E-state index is -4.79. The number of amides is 1. The molecule has 5 rings (SSSR count). The number of nitrogens with one attached hydrogen (secondary N) is 1. The van der Waals surface area contributed by atoms with Crippen LogP contribution < -0.4 is 10.2 Å². The Balaban J connectivity index is 1.58. The Morgan fingerprint density at radius 1 is 1.23 bits per heavy atom. The summed E-state index contributed by atoms with van der Waals surface area (Å²) in [5.74, 6) is -0.910. The van der Waals surface area contributed by atoms with Gasteiger partial charge in [-0.1, -0.05) is 6.07 Å². The highest BCUT2D eigenvalue weighted by Crippen LogP contribution is 2.38. The average Bonchev–Trinajstić information content (AvgIpc) is 3.45. The standard InChI is InChI=1S/C23H18F4N6O2/c24-14-4-1-3-13(10-28)19(14)15-9-17(20-16(30-15)11-29-21(20)34)33-8-5-18(31-33)32-7-2-6-22(35,12-32)23(25,26)27/h1,3-5,8-9,35H,2,6-7,11-12H2,(H,29,34)/t22-/m1/s1. The van der Waals surface area contributed by atoms with E-state index in [2.05, 4.69) is 15.4 Å². The van der Waals surface area contributed by atoms with E-state index in [1.807, 2.05) is 6.07 Å². The number of hydrogen-bond acceptors (Lipinski definition) is 6. The number of nitrogens with zero attached hydrogens (tertiary/aromatic N) is 5. The predicted octanol–water partition coefficient (Wildman–Crippen LogP) is 3.08. The lowest BCUT2D eigenvalue weighted by Gasteiger charge is -2.40. The molecule has 0 radical (unpaired) electrons. The van der Waals surface area contributed by atoms with Gasteiger partial charge in [0.25, 0.3) is 5.91 Å². The van der Waals surface area contributed by atoms with Gasteiger partial charge in [0.1, 0.15) is 5.82 Å². The van der Waals surface area contributed by atoms with Crippen LogP contribution in [0, 0.1) is 17.1 Å². The summed E-state index contributed by atoms with van der Waals surface area (Å²) in [4.78, 5) is 18.2. The number of piperidine rings is 1. The van der Waals surface area contributed by atoms with E-state index in [0.717, 1.165) is 0 Å². The van der Waals surface area contributed by atoms with Crippen molar-refractivity contribution in [3.63, 3.8) is 0 Å². The molecule has 2 aromatic heterocycles. The number of pyridine rings is 1. The summed E-state index contributed by atoms with van der Waals surface area (Å²) < 4.78 is 56.1. The Morgan fingerprint density at radius 2 is 2.03 bits per heavy atom. The van der Waals surface area contributed by atoms with Crippen LogP contribution >= 0.6 is 0 Å². The topological polar surface area (TPSA) is 107 Å². The zero-order valence-electron chi connectivity index (χ0n) is 18.1. The van der Waals surface area contributed by atoms with Crippen LogP contribution in [0.4, 0.5) is 23.4 Å². The molecule has 1 amide bonds. The molecule has 0 saturated carbocycles. The van der Waals surface area contributed by atoms with Crippen LogP contribution in [0.15, 0.2) is 36.5 Å². The van der Waals surface area contributed by atoms with Gasteiger partial charge < -0.3 is 15.3 Å². The number of halogens is 4. The Bertz CT molecular complexity index is 1380. The Kier molecular flexibility index (Phi) is 5.25. The third kappa shape index (κ3) is 3.77. The molecule has 12 heteroatoms. The van der Waals surface area contributed by atoms with Crippen molar-refractivity contribution < 1.29 is 27.5 Å². The highest BCUT2D eigenvalue weighted by atomic mass is 19.4. The minimum absolute atomic E-state index is 0.0305. The van der Waals surface area contributed by atoms with Gasteiger partial charge in [-0.25, -0.2) is 14.1 Å². The number of alkyl halides is 3. The van der Waals surface area contributed by atoms with Gasteiger partial charge in [-0.3, -0.25) is 4.79 Å². The monoisotopic (exact) mass is 486 g/mol. The van der Waals surface area contributed by atoms with Crippen LogP contribution in [-0.2, 0) is 6.54 Å². The first-order valence-corrected chi connectivity index (χ1v) is 10.7. The average molecular weight is 486 g/mol. The van der Waals surface area contributed by atoms with Gasteiger partial charge in [-0.15, -0.1) is 0 Å². The number of β-amino-alcohol motifs (C(OH)–C–C–N with tert-alkyl or cyclic N) is 1. The summed E-state index contributed by atoms with van der Waals surface area (Å²) in [7, 11) is 0. The Morgan fingerprint density at radius 3 is 2.77 bits per heavy atom. The molecule has 3 aromatic rings. The summed E-state index contributed by atoms with van der Waals surface area (Å²) in [6.07, 6.45) is -3.61. The van der Waals surface area contributed by atoms with Crippen LogP contribution in [-0.4, -0.2) is 50.6 Å². The lowest BCUT2D eigenvalue weighted by molar-refractivity contribution is -0.261. The lowest BCUT2D eigenvalue weighted by atomic mass is 9.92. The van der Waals surface area contributed by atoms with Gasteiger partial charge in [0.15, 0.2) is 11.4 Å². The molecule has 1 aromatic carbocycles. The SMILES string of the molecule is N#Cc1cccc(F)c1-c1cc(-n2ccc(N3CCC[C@](O)(C(F)(F)F)C3)n2)c2c(n1)CNC2=O. The maximum atomic E-state index is 14.7. The fraction of sp³-hybridized carbons (Fsp3) is 0.304. The molecule has 35 heavy (non-hydrogen) atoms. The van der Waals surface area contributed by atoms with Crippen molar-refractivity contribution in [2.45, 2.75) is 31.2 Å². The van der Waals surface area contributed by atoms with Crippen LogP contribution in [0.5, 0.6) is 0 Å². The second-order valence-corrected chi connectivity index (χ2v) is 8.48. The third-order valence-corrected chi connectivity index (χ3v) is 6.25. The van der Waals surface area contributed by atoms with E-state index >= 15 is 0 Å². The largest absolute Gasteiger partial charge is 0.418 e. The number of aromatic nitrogens is 3. The zero-order chi connectivity index (χ0) is 25.0. The molecule has 0 bridgehead atoms. The molecule has 1 saturated heterocycles. The van der Waals surface area contributed by atoms with Crippen molar-refractivity contribution in [3.8, 4) is 23.0 Å². The van der Waals surface area contributed by atoms with Crippen LogP contribution in [0.25, 0.3) is 16.9 Å². The van der Waals surface area contributed by atoms with E-state index in [1.165, 1.54) is 46.1 Å². The second-order valence-electron chi connectivity index (χ2n) is 8.48. The molecule has 4 heterocycles. The summed E-state index contributed by atoms with van der Waals surface area (Å²) >= 11 is 0. The van der Waals surface area contributed by atoms with E-state index < -0.39 is 36.5 Å². The van der Waals surface area contributed by atoms with Crippen molar-refractivity contribution in [1.82, 2.24) is 20.1 Å². The number of aliphatic hydroxyl groups is 1. The zero-order valence-corrected chi connectivity index (χ0v) is 18.1. The lowest BCUT2D eigenvalue weighted by Crippen LogP contribution is -2.57. The van der Waals surface area contributed by atoms with Crippen molar-refractivity contribution in [1.29, 1.82) is 5.26 Å². The highest BCUT2D eigenvalue weighted by molar-refractivity contribution is 6.01. The number of carbonyl (C=O) groups is 1. The molecule has 1 atom stereocenters. The number of benzene rings is 1. The van der Waals surface area contributed by atoms with Gasteiger partial charge in [0, 0.05) is 18.8 Å². The molecule has 8 nitrogen and oxygen atoms in total. The van der Waals surface area contributed by atoms with Crippen LogP contribution in [0.2, 0.25) is 0 Å². The highest BCUT2D eigenvalue weighted by Gasteiger charge is 2.55. The summed E-state index contributed by atoms with van der Waals surface area (Å²) in [5, 5.41) is 26.6. The van der Waals surface area contributed by atoms with Crippen molar-refractivity contribution in [2.75, 3.05) is 18.0 Å². The predicted molar refractivity (Wildman–Crippen MR) is 115 cm³/mol. The van der Waals surface area contributed by atoms with Gasteiger partial charge in [0.2, 0.25) is 0 Å². The molecular weight excluding hydrogens is 468 g/mol. The van der Waals surface area contributed by atoms with Gasteiger partial charge in [0.05, 0.1) is 52.9 Å². The smallest absolute Gasteiger partial charge is 0.379 e. The van der Waals surface area contributed by atoms with Gasteiger partial charge in [-0.2, -0.15) is 23.5 Å². The molecule has 2 aliphatic heterocycles. The molecular formula is C23H18F4N6O2. The molecule has 0 unspecified atom stereocenters. The van der Waals surface area contributed by atoms with Crippen molar-refractivity contribution >= 4 is 11.7 Å². The first kappa shape index (κ1) is 22.8. The van der Waals surface area contributed by atoms with Crippen LogP contribution in [0.1, 0.15) is 34.5 Å². The maximum Gasteiger partial charge on any atom is 0.418 e. The van der Waals surface area contributed by atoms with Crippen LogP contribution in [0.3, 0.4) is 0 Å². The molecule has 180 valence electrons. The molecule has 2 N–H and O–H groups in total. The first-order chi connectivity index (χ1) is 16.6. The number of nitriles is 1. The number of anilines is 1. The van der Waals surface area contributed by atoms with Crippen molar-refractivity contribution in [3.05, 3.63) is 59.2 Å². The summed E-state index contributed by atoms with van der Waals surface area (Å²) in [6.45, 7) is -0.324. The summed E-state index contributed by atoms with van der Waals surface area (Å²) in [6, 6.07) is 8.86. The quantitative estimate of drug-likeness (QED) is 0.551. The molecule has 2 aliphatic rings. The third-order valence-electron chi connectivity index (χ3n) is 6.25. The van der Waals surface area contributed by atoms with E-state index in [4.69, 9.17) is 0 Å². The number of rotatable bonds is 3. The summed E-state index contributed by atoms with van der Waals surface area (Å²) in [5.41, 5.74) is -1.94. The minimum Gasteiger partial charge on any atom is -0.379 e. The van der Waals surface area contributed by atoms with E-state index in [0.29, 0.717) is 5.69 Å². The Hall–Kier alpha value is -3.98. The van der Waals surface area contributed by atoms with Gasteiger partial charge in [-0.05, 0) is 31.0 Å². The molecule has 0 aliphatic carbocycles. The number of fused-ring (bicyclic) bond motifs is 1. The van der Waals surface area contributed by atoms with Gasteiger partial charge >= 0.3 is 6.18 Å². The molecule has 1 fully saturated rings. The second kappa shape index (κ2) is 8.06. The Labute approximate surface area is 196 Å². The van der Waals surface area contributed by atoms with E-state index in [1.54, 1.807) is 0 Å².